The molecule has 1 heterocycles. The number of carbonyl (C=O) groups is 3. The van der Waals surface area contributed by atoms with Gasteiger partial charge in [0.1, 0.15) is 18.1 Å². The van der Waals surface area contributed by atoms with Crippen molar-refractivity contribution >= 4 is 70.1 Å². The molecular weight excluding hydrogens is 513 g/mol. The predicted molar refractivity (Wildman–Crippen MR) is 117 cm³/mol. The van der Waals surface area contributed by atoms with Gasteiger partial charge in [-0.1, -0.05) is 47.0 Å². The highest BCUT2D eigenvalue weighted by molar-refractivity contribution is 7.84. The molecule has 1 N–H and O–H groups in total. The van der Waals surface area contributed by atoms with Gasteiger partial charge in [0.2, 0.25) is 3.79 Å². The van der Waals surface area contributed by atoms with Crippen molar-refractivity contribution in [2.45, 2.75) is 42.5 Å². The van der Waals surface area contributed by atoms with Crippen LogP contribution >= 0.6 is 34.8 Å². The van der Waals surface area contributed by atoms with Crippen LogP contribution in [-0.2, 0) is 42.9 Å². The largest absolute Gasteiger partial charge is 0.622 e. The van der Waals surface area contributed by atoms with E-state index in [-0.39, 0.29) is 19.5 Å². The zero-order chi connectivity index (χ0) is 24.7. The van der Waals surface area contributed by atoms with Crippen molar-refractivity contribution in [3.63, 3.8) is 0 Å². The molecule has 1 fully saturated rings. The van der Waals surface area contributed by atoms with E-state index in [1.54, 1.807) is 20.8 Å². The third-order valence-corrected chi connectivity index (χ3v) is 4.61. The Balaban J connectivity index is 3.05. The lowest BCUT2D eigenvalue weighted by atomic mass is 9.78. The van der Waals surface area contributed by atoms with Crippen molar-refractivity contribution in [2.75, 3.05) is 26.7 Å². The van der Waals surface area contributed by atoms with E-state index in [4.69, 9.17) is 48.8 Å². The monoisotopic (exact) mass is 536 g/mol. The van der Waals surface area contributed by atoms with Crippen molar-refractivity contribution in [3.8, 4) is 0 Å². The maximum Gasteiger partial charge on any atom is 0.622 e. The molecule has 182 valence electrons. The number of alkyl halides is 3. The third-order valence-electron chi connectivity index (χ3n) is 3.29. The molecule has 0 aliphatic carbocycles. The second-order valence-electron chi connectivity index (χ2n) is 7.71. The first-order valence-corrected chi connectivity index (χ1v) is 11.7. The summed E-state index contributed by atoms with van der Waals surface area (Å²) in [5, 5.41) is 0. The number of hydrogen-bond acceptors (Lipinski definition) is 10. The summed E-state index contributed by atoms with van der Waals surface area (Å²) in [5.41, 5.74) is -0.729. The molecule has 0 saturated carbocycles. The van der Waals surface area contributed by atoms with Gasteiger partial charge in [0, 0.05) is 0 Å². The Hall–Kier alpha value is -1.09. The molecule has 1 atom stereocenters. The van der Waals surface area contributed by atoms with E-state index in [1.165, 1.54) is 18.0 Å². The van der Waals surface area contributed by atoms with Crippen molar-refractivity contribution in [2.24, 2.45) is 0 Å². The van der Waals surface area contributed by atoms with Gasteiger partial charge in [-0.25, -0.2) is 0 Å². The van der Waals surface area contributed by atoms with Crippen LogP contribution in [0.4, 0.5) is 0 Å². The SMILES string of the molecule is CN1CC(=O)OB(C(/C=C/CC(=O)OC(C)(C)C)NS(=O)(=O)OCC(Cl)(Cl)Cl)OC(=O)C1. The van der Waals surface area contributed by atoms with E-state index in [1.807, 2.05) is 4.72 Å². The van der Waals surface area contributed by atoms with Crippen LogP contribution in [0.5, 0.6) is 0 Å². The minimum Gasteiger partial charge on any atom is -0.497 e. The highest BCUT2D eigenvalue weighted by Gasteiger charge is 2.41. The topological polar surface area (TPSA) is 138 Å². The number of esters is 1. The molecule has 0 spiro atoms. The van der Waals surface area contributed by atoms with Gasteiger partial charge in [-0.2, -0.15) is 13.1 Å². The van der Waals surface area contributed by atoms with Crippen LogP contribution in [0.2, 0.25) is 0 Å². The molecule has 1 unspecified atom stereocenters. The fourth-order valence-corrected chi connectivity index (χ4v) is 3.51. The first kappa shape index (κ1) is 28.9. The van der Waals surface area contributed by atoms with Crippen molar-refractivity contribution in [1.82, 2.24) is 9.62 Å². The predicted octanol–water partition coefficient (Wildman–Crippen LogP) is 0.923. The molecule has 1 saturated heterocycles. The number of ether oxygens (including phenoxy) is 1. The van der Waals surface area contributed by atoms with Gasteiger partial charge in [0.05, 0.1) is 19.5 Å². The number of hydrogen-bond donors (Lipinski definition) is 1. The van der Waals surface area contributed by atoms with E-state index < -0.39 is 57.3 Å². The highest BCUT2D eigenvalue weighted by Crippen LogP contribution is 2.26. The molecule has 1 aliphatic rings. The number of likely N-dealkylation sites (N-methyl/N-ethyl adjacent to an activating group) is 1. The molecule has 0 bridgehead atoms. The van der Waals surface area contributed by atoms with Gasteiger partial charge < -0.3 is 14.0 Å². The average molecular weight is 538 g/mol. The standard InChI is InChI=1S/C16H24BCl3N2O9S/c1-15(2,3)29-12(23)7-5-6-11(21-32(26,27)28-10-16(18,19)20)17-30-13(24)8-22(4)9-14(25)31-17/h5-6,11,21H,7-10H2,1-4H3/b6-5+. The molecule has 0 aromatic heterocycles. The molecule has 1 rings (SSSR count). The van der Waals surface area contributed by atoms with Crippen LogP contribution in [0.1, 0.15) is 27.2 Å². The second-order valence-corrected chi connectivity index (χ2v) is 11.6. The van der Waals surface area contributed by atoms with Crippen molar-refractivity contribution in [3.05, 3.63) is 12.2 Å². The first-order valence-electron chi connectivity index (χ1n) is 9.15. The van der Waals surface area contributed by atoms with Crippen molar-refractivity contribution in [1.29, 1.82) is 0 Å². The summed E-state index contributed by atoms with van der Waals surface area (Å²) in [7, 11) is -4.77. The number of nitrogens with zero attached hydrogens (tertiary/aromatic N) is 1. The lowest BCUT2D eigenvalue weighted by Crippen LogP contribution is -2.53. The Morgan fingerprint density at radius 3 is 2.22 bits per heavy atom. The Labute approximate surface area is 202 Å². The lowest BCUT2D eigenvalue weighted by Gasteiger charge is -2.26. The second kappa shape index (κ2) is 11.9. The first-order chi connectivity index (χ1) is 14.5. The Morgan fingerprint density at radius 2 is 1.75 bits per heavy atom. The van der Waals surface area contributed by atoms with E-state index >= 15 is 0 Å². The molecule has 0 radical (unpaired) electrons. The molecule has 0 aromatic rings. The van der Waals surface area contributed by atoms with Gasteiger partial charge in [-0.3, -0.25) is 23.5 Å². The average Bonchev–Trinajstić information content (AvgIpc) is 2.55. The van der Waals surface area contributed by atoms with E-state index in [9.17, 15) is 22.8 Å². The fraction of sp³-hybridized carbons (Fsp3) is 0.688. The normalized spacial score (nSPS) is 18.0. The lowest BCUT2D eigenvalue weighted by molar-refractivity contribution is -0.154. The highest BCUT2D eigenvalue weighted by atomic mass is 35.6. The minimum absolute atomic E-state index is 0.240. The fourth-order valence-electron chi connectivity index (χ4n) is 2.23. The number of carbonyl (C=O) groups excluding carboxylic acids is 3. The van der Waals surface area contributed by atoms with E-state index in [0.29, 0.717) is 0 Å². The summed E-state index contributed by atoms with van der Waals surface area (Å²) in [6.45, 7) is 3.73. The summed E-state index contributed by atoms with van der Waals surface area (Å²) >= 11 is 16.5. The molecule has 11 nitrogen and oxygen atoms in total. The number of halogens is 3. The van der Waals surface area contributed by atoms with Gasteiger partial charge in [-0.15, -0.1) is 0 Å². The van der Waals surface area contributed by atoms with Gasteiger partial charge >= 0.3 is 35.3 Å². The van der Waals surface area contributed by atoms with Gasteiger partial charge in [0.15, 0.2) is 0 Å². The van der Waals surface area contributed by atoms with Crippen LogP contribution in [-0.4, -0.2) is 80.4 Å². The zero-order valence-corrected chi connectivity index (χ0v) is 20.9. The van der Waals surface area contributed by atoms with Crippen LogP contribution in [0, 0.1) is 0 Å². The van der Waals surface area contributed by atoms with Gasteiger partial charge in [-0.05, 0) is 27.8 Å². The summed E-state index contributed by atoms with van der Waals surface area (Å²) in [5.74, 6) is -3.63. The molecule has 0 aromatic carbocycles. The molecule has 32 heavy (non-hydrogen) atoms. The smallest absolute Gasteiger partial charge is 0.497 e. The summed E-state index contributed by atoms with van der Waals surface area (Å²) < 4.78 is 44.4. The van der Waals surface area contributed by atoms with E-state index in [0.717, 1.165) is 6.08 Å². The maximum absolute atomic E-state index is 12.3. The molecular formula is C16H24BCl3N2O9S. The summed E-state index contributed by atoms with van der Waals surface area (Å²) in [6.07, 6.45) is 2.15. The van der Waals surface area contributed by atoms with Crippen LogP contribution in [0.3, 0.4) is 0 Å². The minimum atomic E-state index is -4.57. The Bertz CT molecular complexity index is 808. The zero-order valence-electron chi connectivity index (χ0n) is 17.8. The summed E-state index contributed by atoms with van der Waals surface area (Å²) in [4.78, 5) is 37.3. The van der Waals surface area contributed by atoms with Crippen LogP contribution in [0.15, 0.2) is 12.2 Å². The Morgan fingerprint density at radius 1 is 1.22 bits per heavy atom. The quantitative estimate of drug-likeness (QED) is 0.206. The van der Waals surface area contributed by atoms with E-state index in [2.05, 4.69) is 4.18 Å². The number of nitrogens with one attached hydrogen (secondary N) is 1. The van der Waals surface area contributed by atoms with Crippen LogP contribution in [0.25, 0.3) is 0 Å². The van der Waals surface area contributed by atoms with Crippen LogP contribution < -0.4 is 4.72 Å². The third kappa shape index (κ3) is 12.8. The molecule has 1 aliphatic heterocycles. The van der Waals surface area contributed by atoms with Crippen molar-refractivity contribution < 1.29 is 41.0 Å². The number of rotatable bonds is 8. The Kier molecular flexibility index (Phi) is 10.7. The summed E-state index contributed by atoms with van der Waals surface area (Å²) in [6, 6.07) is 0. The maximum atomic E-state index is 12.3. The molecule has 0 amide bonds. The van der Waals surface area contributed by atoms with Gasteiger partial charge in [0.25, 0.3) is 0 Å². The molecule has 16 heteroatoms.